The van der Waals surface area contributed by atoms with Crippen LogP contribution in [-0.2, 0) is 6.54 Å². The molecule has 0 unspecified atom stereocenters. The number of carboxylic acids is 1. The maximum Gasteiger partial charge on any atom is 0.353 e. The van der Waals surface area contributed by atoms with Crippen LogP contribution in [0.25, 0.3) is 33.1 Å². The SMILES string of the molecule is CCCCNC(=O)Nc1ccc2c(c1)c(-c1ccc3nsnc3c1)c(C(=O)O)n2Cc1cc(OC)ccc1OC. The molecule has 0 aliphatic carbocycles. The van der Waals surface area contributed by atoms with Crippen LogP contribution in [0.15, 0.2) is 54.6 Å². The number of urea groups is 1. The van der Waals surface area contributed by atoms with Crippen LogP contribution in [0.3, 0.4) is 0 Å². The fraction of sp³-hybridized carbons (Fsp3) is 0.241. The fourth-order valence-electron chi connectivity index (χ4n) is 4.78. The van der Waals surface area contributed by atoms with Crippen molar-refractivity contribution in [2.45, 2.75) is 26.3 Å². The zero-order valence-corrected chi connectivity index (χ0v) is 23.2. The summed E-state index contributed by atoms with van der Waals surface area (Å²) in [7, 11) is 3.15. The lowest BCUT2D eigenvalue weighted by molar-refractivity contribution is 0.0687. The average molecular weight is 560 g/mol. The highest BCUT2D eigenvalue weighted by Gasteiger charge is 2.25. The van der Waals surface area contributed by atoms with Gasteiger partial charge in [0.25, 0.3) is 0 Å². The molecule has 0 bridgehead atoms. The molecule has 0 aliphatic heterocycles. The molecule has 0 saturated carbocycles. The minimum Gasteiger partial charge on any atom is -0.497 e. The monoisotopic (exact) mass is 559 g/mol. The summed E-state index contributed by atoms with van der Waals surface area (Å²) in [5.74, 6) is 0.153. The number of rotatable bonds is 10. The molecule has 0 spiro atoms. The smallest absolute Gasteiger partial charge is 0.353 e. The minimum absolute atomic E-state index is 0.104. The molecule has 0 fully saturated rings. The number of nitrogens with zero attached hydrogens (tertiary/aromatic N) is 3. The number of aromatic nitrogens is 3. The zero-order valence-electron chi connectivity index (χ0n) is 22.4. The molecule has 0 aliphatic rings. The third-order valence-corrected chi connectivity index (χ3v) is 7.25. The molecule has 2 aromatic heterocycles. The standard InChI is InChI=1S/C29H29N5O5S/c1-4-5-12-30-29(37)31-19-7-10-24-21(15-19)26(17-6-9-22-23(14-17)33-40-32-22)27(28(35)36)34(24)16-18-13-20(38-2)8-11-25(18)39-3/h6-11,13-15H,4-5,12,16H2,1-3H3,(H,35,36)(H2,30,31,37). The third kappa shape index (κ3) is 5.28. The van der Waals surface area contributed by atoms with Crippen LogP contribution in [0.1, 0.15) is 35.8 Å². The summed E-state index contributed by atoms with van der Waals surface area (Å²) in [6.45, 7) is 2.84. The van der Waals surface area contributed by atoms with Gasteiger partial charge in [0.2, 0.25) is 0 Å². The van der Waals surface area contributed by atoms with E-state index in [1.54, 1.807) is 43.1 Å². The van der Waals surface area contributed by atoms with Crippen molar-refractivity contribution in [1.29, 1.82) is 0 Å². The molecule has 3 N–H and O–H groups in total. The van der Waals surface area contributed by atoms with E-state index in [1.807, 2.05) is 30.3 Å². The lowest BCUT2D eigenvalue weighted by Crippen LogP contribution is -2.29. The van der Waals surface area contributed by atoms with Crippen molar-refractivity contribution in [3.63, 3.8) is 0 Å². The van der Waals surface area contributed by atoms with Crippen LogP contribution in [0.2, 0.25) is 0 Å². The number of hydrogen-bond donors (Lipinski definition) is 3. The van der Waals surface area contributed by atoms with Crippen molar-refractivity contribution < 1.29 is 24.2 Å². The molecule has 11 heteroatoms. The number of amides is 2. The van der Waals surface area contributed by atoms with Crippen LogP contribution in [-0.4, -0.2) is 51.2 Å². The number of hydrogen-bond acceptors (Lipinski definition) is 7. The highest BCUT2D eigenvalue weighted by Crippen LogP contribution is 2.39. The van der Waals surface area contributed by atoms with E-state index in [9.17, 15) is 14.7 Å². The summed E-state index contributed by atoms with van der Waals surface area (Å²) in [6.07, 6.45) is 1.85. The van der Waals surface area contributed by atoms with Gasteiger partial charge < -0.3 is 29.8 Å². The molecule has 0 saturated heterocycles. The van der Waals surface area contributed by atoms with E-state index in [4.69, 9.17) is 9.47 Å². The number of methoxy groups -OCH3 is 2. The third-order valence-electron chi connectivity index (χ3n) is 6.70. The first-order valence-corrected chi connectivity index (χ1v) is 13.5. The highest BCUT2D eigenvalue weighted by atomic mass is 32.1. The van der Waals surface area contributed by atoms with Crippen molar-refractivity contribution >= 4 is 51.4 Å². The maximum absolute atomic E-state index is 12.9. The quantitative estimate of drug-likeness (QED) is 0.179. The lowest BCUT2D eigenvalue weighted by Gasteiger charge is -2.14. The predicted octanol–water partition coefficient (Wildman–Crippen LogP) is 6.00. The van der Waals surface area contributed by atoms with E-state index in [-0.39, 0.29) is 18.3 Å². The number of anilines is 1. The van der Waals surface area contributed by atoms with E-state index in [1.165, 1.54) is 0 Å². The van der Waals surface area contributed by atoms with Gasteiger partial charge in [-0.05, 0) is 60.5 Å². The molecule has 10 nitrogen and oxygen atoms in total. The lowest BCUT2D eigenvalue weighted by atomic mass is 10.0. The molecule has 5 aromatic rings. The van der Waals surface area contributed by atoms with Crippen molar-refractivity contribution in [1.82, 2.24) is 18.6 Å². The number of fused-ring (bicyclic) bond motifs is 2. The number of carboxylic acid groups (broad SMARTS) is 1. The Hall–Kier alpha value is -4.64. The van der Waals surface area contributed by atoms with E-state index >= 15 is 0 Å². The average Bonchev–Trinajstić information content (AvgIpc) is 3.55. The number of carbonyl (C=O) groups excluding carboxylic acids is 1. The zero-order chi connectivity index (χ0) is 28.2. The molecule has 0 radical (unpaired) electrons. The van der Waals surface area contributed by atoms with Gasteiger partial charge in [-0.25, -0.2) is 9.59 Å². The molecule has 2 heterocycles. The second kappa shape index (κ2) is 11.6. The van der Waals surface area contributed by atoms with Crippen LogP contribution in [0.4, 0.5) is 10.5 Å². The Morgan fingerprint density at radius 3 is 2.58 bits per heavy atom. The number of ether oxygens (including phenoxy) is 2. The molecule has 0 atom stereocenters. The molecule has 206 valence electrons. The number of benzene rings is 3. The first-order valence-electron chi connectivity index (χ1n) is 12.8. The van der Waals surface area contributed by atoms with Crippen molar-refractivity contribution in [3.05, 3.63) is 65.9 Å². The van der Waals surface area contributed by atoms with Gasteiger partial charge in [0.05, 0.1) is 32.5 Å². The normalized spacial score (nSPS) is 11.1. The van der Waals surface area contributed by atoms with Gasteiger partial charge >= 0.3 is 12.0 Å². The molecular formula is C29H29N5O5S. The topological polar surface area (TPSA) is 128 Å². The number of aromatic carboxylic acids is 1. The fourth-order valence-corrected chi connectivity index (χ4v) is 5.30. The van der Waals surface area contributed by atoms with Gasteiger partial charge in [-0.2, -0.15) is 8.75 Å². The summed E-state index contributed by atoms with van der Waals surface area (Å²) < 4.78 is 21.4. The summed E-state index contributed by atoms with van der Waals surface area (Å²) in [5.41, 5.74) is 4.72. The Kier molecular flexibility index (Phi) is 7.83. The summed E-state index contributed by atoms with van der Waals surface area (Å²) in [4.78, 5) is 25.4. The first-order chi connectivity index (χ1) is 19.4. The van der Waals surface area contributed by atoms with Crippen LogP contribution < -0.4 is 20.1 Å². The Morgan fingerprint density at radius 1 is 1.00 bits per heavy atom. The summed E-state index contributed by atoms with van der Waals surface area (Å²) >= 11 is 1.10. The number of carbonyl (C=O) groups is 2. The van der Waals surface area contributed by atoms with Crippen molar-refractivity contribution in [2.24, 2.45) is 0 Å². The van der Waals surface area contributed by atoms with Crippen LogP contribution >= 0.6 is 11.7 Å². The van der Waals surface area contributed by atoms with E-state index in [2.05, 4.69) is 26.3 Å². The molecule has 5 rings (SSSR count). The number of nitrogens with one attached hydrogen (secondary N) is 2. The Labute approximate surface area is 234 Å². The van der Waals surface area contributed by atoms with Gasteiger partial charge in [0.1, 0.15) is 28.2 Å². The highest BCUT2D eigenvalue weighted by molar-refractivity contribution is 7.00. The van der Waals surface area contributed by atoms with Gasteiger partial charge in [0.15, 0.2) is 0 Å². The van der Waals surface area contributed by atoms with E-state index in [0.717, 1.165) is 35.6 Å². The Balaban J connectivity index is 1.70. The molecular weight excluding hydrogens is 530 g/mol. The van der Waals surface area contributed by atoms with E-state index in [0.29, 0.717) is 51.3 Å². The van der Waals surface area contributed by atoms with Crippen molar-refractivity contribution in [3.8, 4) is 22.6 Å². The number of unbranched alkanes of at least 4 members (excludes halogenated alkanes) is 1. The van der Waals surface area contributed by atoms with E-state index < -0.39 is 5.97 Å². The second-order valence-corrected chi connectivity index (χ2v) is 9.76. The minimum atomic E-state index is -1.09. The van der Waals surface area contributed by atoms with Crippen molar-refractivity contribution in [2.75, 3.05) is 26.1 Å². The van der Waals surface area contributed by atoms with Gasteiger partial charge in [-0.3, -0.25) is 0 Å². The molecule has 3 aromatic carbocycles. The molecule has 2 amide bonds. The van der Waals surface area contributed by atoms with Crippen LogP contribution in [0.5, 0.6) is 11.5 Å². The van der Waals surface area contributed by atoms with Gasteiger partial charge in [-0.15, -0.1) is 0 Å². The maximum atomic E-state index is 12.9. The second-order valence-electron chi connectivity index (χ2n) is 9.23. The largest absolute Gasteiger partial charge is 0.497 e. The van der Waals surface area contributed by atoms with Gasteiger partial charge in [0, 0.05) is 34.3 Å². The van der Waals surface area contributed by atoms with Gasteiger partial charge in [-0.1, -0.05) is 19.4 Å². The summed E-state index contributed by atoms with van der Waals surface area (Å²) in [6, 6.07) is 16.0. The Morgan fingerprint density at radius 2 is 1.82 bits per heavy atom. The Bertz CT molecular complexity index is 1710. The first kappa shape index (κ1) is 26.9. The van der Waals surface area contributed by atoms with Crippen LogP contribution in [0, 0.1) is 0 Å². The molecule has 40 heavy (non-hydrogen) atoms. The predicted molar refractivity (Wildman–Crippen MR) is 156 cm³/mol. The summed E-state index contributed by atoms with van der Waals surface area (Å²) in [5, 5.41) is 16.9.